The van der Waals surface area contributed by atoms with E-state index in [1.165, 1.54) is 12.1 Å². The normalized spacial score (nSPS) is 11.9. The molecule has 1 unspecified atom stereocenters. The average molecular weight is 370 g/mol. The van der Waals surface area contributed by atoms with E-state index >= 15 is 0 Å². The lowest BCUT2D eigenvalue weighted by Crippen LogP contribution is -1.97. The Labute approximate surface area is 124 Å². The second-order valence-electron chi connectivity index (χ2n) is 4.03. The summed E-state index contributed by atoms with van der Waals surface area (Å²) in [6.07, 6.45) is 0.889. The molecule has 2 nitrogen and oxygen atoms in total. The van der Waals surface area contributed by atoms with Crippen molar-refractivity contribution in [2.24, 2.45) is 0 Å². The van der Waals surface area contributed by atoms with E-state index in [4.69, 9.17) is 4.74 Å². The average Bonchev–Trinajstić information content (AvgIpc) is 2.46. The highest BCUT2D eigenvalue weighted by Gasteiger charge is 2.06. The molecule has 0 bridgehead atoms. The van der Waals surface area contributed by atoms with Gasteiger partial charge in [-0.25, -0.2) is 4.39 Å². The van der Waals surface area contributed by atoms with Gasteiger partial charge in [0.1, 0.15) is 24.5 Å². The van der Waals surface area contributed by atoms with Crippen molar-refractivity contribution in [3.63, 3.8) is 0 Å². The summed E-state index contributed by atoms with van der Waals surface area (Å²) < 4.78 is 18.2. The molecule has 2 aromatic rings. The zero-order valence-electron chi connectivity index (χ0n) is 10.1. The minimum atomic E-state index is -0.260. The molecule has 0 spiro atoms. The molecule has 0 radical (unpaired) electrons. The third-order valence-corrected chi connectivity index (χ3v) is 3.63. The molecule has 0 aliphatic rings. The Bertz CT molecular complexity index is 554. The van der Waals surface area contributed by atoms with Crippen molar-refractivity contribution in [2.45, 2.75) is 10.5 Å². The number of carbonyl (C=O) groups excluding carboxylic acids is 1. The van der Waals surface area contributed by atoms with Crippen molar-refractivity contribution in [2.75, 3.05) is 0 Å². The molecule has 0 aliphatic heterocycles. The van der Waals surface area contributed by atoms with Crippen LogP contribution < -0.4 is 4.74 Å². The predicted octanol–water partition coefficient (Wildman–Crippen LogP) is 4.08. The summed E-state index contributed by atoms with van der Waals surface area (Å²) in [6, 6.07) is 13.6. The zero-order valence-corrected chi connectivity index (χ0v) is 12.2. The van der Waals surface area contributed by atoms with Crippen LogP contribution in [0.3, 0.4) is 0 Å². The third-order valence-electron chi connectivity index (χ3n) is 2.61. The van der Waals surface area contributed by atoms with Gasteiger partial charge in [0.25, 0.3) is 0 Å². The van der Waals surface area contributed by atoms with Crippen LogP contribution in [0.15, 0.2) is 48.5 Å². The van der Waals surface area contributed by atoms with E-state index in [1.807, 2.05) is 24.3 Å². The molecule has 0 N–H and O–H groups in total. The zero-order chi connectivity index (χ0) is 13.7. The molecule has 4 heteroatoms. The molecule has 0 aliphatic carbocycles. The molecule has 1 atom stereocenters. The minimum absolute atomic E-state index is 0.174. The summed E-state index contributed by atoms with van der Waals surface area (Å²) in [6.45, 7) is 0.372. The second-order valence-corrected chi connectivity index (χ2v) is 5.37. The molecule has 19 heavy (non-hydrogen) atoms. The van der Waals surface area contributed by atoms with E-state index in [0.29, 0.717) is 12.4 Å². The van der Waals surface area contributed by atoms with Crippen molar-refractivity contribution in [1.82, 2.24) is 0 Å². The summed E-state index contributed by atoms with van der Waals surface area (Å²) in [7, 11) is 0. The maximum atomic E-state index is 12.8. The molecular formula is C15H12FIO2. The smallest absolute Gasteiger partial charge is 0.137 e. The van der Waals surface area contributed by atoms with E-state index in [1.54, 1.807) is 12.1 Å². The van der Waals surface area contributed by atoms with E-state index in [9.17, 15) is 9.18 Å². The Balaban J connectivity index is 2.03. The molecule has 2 rings (SSSR count). The number of halogens is 2. The molecule has 0 heterocycles. The molecule has 0 aromatic heterocycles. The van der Waals surface area contributed by atoms with Crippen molar-refractivity contribution in [3.8, 4) is 5.75 Å². The first-order valence-electron chi connectivity index (χ1n) is 5.75. The van der Waals surface area contributed by atoms with Crippen LogP contribution in [0.2, 0.25) is 0 Å². The quantitative estimate of drug-likeness (QED) is 0.451. The van der Waals surface area contributed by atoms with E-state index < -0.39 is 0 Å². The Morgan fingerprint density at radius 2 is 1.95 bits per heavy atom. The Hall–Kier alpha value is -1.43. The summed E-state index contributed by atoms with van der Waals surface area (Å²) >= 11 is 2.07. The Morgan fingerprint density at radius 1 is 1.21 bits per heavy atom. The number of benzene rings is 2. The van der Waals surface area contributed by atoms with Crippen molar-refractivity contribution in [3.05, 3.63) is 65.5 Å². The fourth-order valence-electron chi connectivity index (χ4n) is 1.60. The standard InChI is InChI=1S/C15H12FIO2/c16-13-6-4-11(5-7-13)10-19-14-3-1-2-12(8-14)15(17)9-18/h1-9,15H,10H2. The number of alkyl halides is 1. The highest BCUT2D eigenvalue weighted by atomic mass is 127. The van der Waals surface area contributed by atoms with Crippen LogP contribution in [-0.4, -0.2) is 6.29 Å². The highest BCUT2D eigenvalue weighted by Crippen LogP contribution is 2.24. The SMILES string of the molecule is O=CC(I)c1cccc(OCc2ccc(F)cc2)c1. The van der Waals surface area contributed by atoms with Gasteiger partial charge in [-0.1, -0.05) is 46.9 Å². The number of hydrogen-bond acceptors (Lipinski definition) is 2. The van der Waals surface area contributed by atoms with Gasteiger partial charge in [-0.05, 0) is 35.4 Å². The summed E-state index contributed by atoms with van der Waals surface area (Å²) in [5.41, 5.74) is 1.81. The van der Waals surface area contributed by atoms with Crippen molar-refractivity contribution >= 4 is 28.9 Å². The van der Waals surface area contributed by atoms with Crippen LogP contribution in [0, 0.1) is 5.82 Å². The number of ether oxygens (including phenoxy) is 1. The van der Waals surface area contributed by atoms with Gasteiger partial charge in [-0.2, -0.15) is 0 Å². The van der Waals surface area contributed by atoms with Crippen LogP contribution in [0.4, 0.5) is 4.39 Å². The lowest BCUT2D eigenvalue weighted by atomic mass is 10.1. The molecule has 0 fully saturated rings. The third kappa shape index (κ3) is 4.02. The first kappa shape index (κ1) is 14.0. The van der Waals surface area contributed by atoms with Gasteiger partial charge in [0.15, 0.2) is 0 Å². The fraction of sp³-hybridized carbons (Fsp3) is 0.133. The Kier molecular flexibility index (Phi) is 4.90. The second kappa shape index (κ2) is 6.65. The van der Waals surface area contributed by atoms with Crippen molar-refractivity contribution < 1.29 is 13.9 Å². The number of hydrogen-bond donors (Lipinski definition) is 0. The first-order chi connectivity index (χ1) is 9.19. The predicted molar refractivity (Wildman–Crippen MR) is 80.0 cm³/mol. The van der Waals surface area contributed by atoms with Gasteiger partial charge in [-0.15, -0.1) is 0 Å². The minimum Gasteiger partial charge on any atom is -0.489 e. The van der Waals surface area contributed by atoms with Crippen molar-refractivity contribution in [1.29, 1.82) is 0 Å². The molecule has 0 saturated carbocycles. The van der Waals surface area contributed by atoms with E-state index in [-0.39, 0.29) is 9.74 Å². The number of rotatable bonds is 5. The van der Waals surface area contributed by atoms with E-state index in [0.717, 1.165) is 17.4 Å². The topological polar surface area (TPSA) is 26.3 Å². The monoisotopic (exact) mass is 370 g/mol. The maximum absolute atomic E-state index is 12.8. The summed E-state index contributed by atoms with van der Waals surface area (Å²) in [4.78, 5) is 10.7. The Morgan fingerprint density at radius 3 is 2.63 bits per heavy atom. The van der Waals surface area contributed by atoms with E-state index in [2.05, 4.69) is 22.6 Å². The van der Waals surface area contributed by atoms with Gasteiger partial charge in [0, 0.05) is 0 Å². The molecular weight excluding hydrogens is 358 g/mol. The highest BCUT2D eigenvalue weighted by molar-refractivity contribution is 14.1. The van der Waals surface area contributed by atoms with Gasteiger partial charge < -0.3 is 9.53 Å². The summed E-state index contributed by atoms with van der Waals surface area (Å²) in [5, 5.41) is 0. The number of aldehydes is 1. The van der Waals surface area contributed by atoms with Gasteiger partial charge in [-0.3, -0.25) is 0 Å². The van der Waals surface area contributed by atoms with Gasteiger partial charge in [0.05, 0.1) is 3.92 Å². The summed E-state index contributed by atoms with van der Waals surface area (Å²) in [5.74, 6) is 0.440. The van der Waals surface area contributed by atoms with Crippen LogP contribution in [-0.2, 0) is 11.4 Å². The van der Waals surface area contributed by atoms with Crippen LogP contribution in [0.1, 0.15) is 15.1 Å². The van der Waals surface area contributed by atoms with Gasteiger partial charge >= 0.3 is 0 Å². The molecule has 0 saturated heterocycles. The van der Waals surface area contributed by atoms with Crippen LogP contribution >= 0.6 is 22.6 Å². The van der Waals surface area contributed by atoms with Crippen LogP contribution in [0.25, 0.3) is 0 Å². The molecule has 0 amide bonds. The number of carbonyl (C=O) groups is 1. The molecule has 2 aromatic carbocycles. The lowest BCUT2D eigenvalue weighted by molar-refractivity contribution is -0.107. The van der Waals surface area contributed by atoms with Gasteiger partial charge in [0.2, 0.25) is 0 Å². The molecule has 98 valence electrons. The maximum Gasteiger partial charge on any atom is 0.137 e. The lowest BCUT2D eigenvalue weighted by Gasteiger charge is -2.09. The first-order valence-corrected chi connectivity index (χ1v) is 7.00. The van der Waals surface area contributed by atoms with Crippen LogP contribution in [0.5, 0.6) is 5.75 Å². The fourth-order valence-corrected chi connectivity index (χ4v) is 1.99. The largest absolute Gasteiger partial charge is 0.489 e.